The highest BCUT2D eigenvalue weighted by atomic mass is 35.5. The minimum absolute atomic E-state index is 0.0398. The van der Waals surface area contributed by atoms with Crippen molar-refractivity contribution in [2.75, 3.05) is 39.8 Å². The van der Waals surface area contributed by atoms with Crippen molar-refractivity contribution in [3.05, 3.63) is 27.7 Å². The number of carbonyl (C=O) groups is 1. The SMILES string of the molecule is C[C@@H](CN1CCN(C)CC1)NC(=O)c1c(O)cc(Cl)cc1Cl. The van der Waals surface area contributed by atoms with Crippen molar-refractivity contribution in [2.45, 2.75) is 13.0 Å². The molecule has 0 radical (unpaired) electrons. The summed E-state index contributed by atoms with van der Waals surface area (Å²) in [5.74, 6) is -0.595. The highest BCUT2D eigenvalue weighted by Gasteiger charge is 2.21. The molecule has 2 rings (SSSR count). The molecule has 5 nitrogen and oxygen atoms in total. The van der Waals surface area contributed by atoms with Gasteiger partial charge >= 0.3 is 0 Å². The Morgan fingerprint density at radius 3 is 2.55 bits per heavy atom. The van der Waals surface area contributed by atoms with E-state index >= 15 is 0 Å². The molecule has 1 aromatic carbocycles. The van der Waals surface area contributed by atoms with E-state index in [9.17, 15) is 9.90 Å². The number of nitrogens with zero attached hydrogens (tertiary/aromatic N) is 2. The molecule has 122 valence electrons. The summed E-state index contributed by atoms with van der Waals surface area (Å²) in [4.78, 5) is 16.9. The lowest BCUT2D eigenvalue weighted by Gasteiger charge is -2.34. The van der Waals surface area contributed by atoms with Gasteiger partial charge in [-0.05, 0) is 26.1 Å². The van der Waals surface area contributed by atoms with Gasteiger partial charge in [0.05, 0.1) is 10.6 Å². The number of aromatic hydroxyl groups is 1. The van der Waals surface area contributed by atoms with Crippen molar-refractivity contribution in [3.8, 4) is 5.75 Å². The van der Waals surface area contributed by atoms with Gasteiger partial charge < -0.3 is 15.3 Å². The molecule has 22 heavy (non-hydrogen) atoms. The number of benzene rings is 1. The highest BCUT2D eigenvalue weighted by Crippen LogP contribution is 2.29. The van der Waals surface area contributed by atoms with Crippen molar-refractivity contribution in [2.24, 2.45) is 0 Å². The van der Waals surface area contributed by atoms with E-state index in [2.05, 4.69) is 22.2 Å². The largest absolute Gasteiger partial charge is 0.507 e. The summed E-state index contributed by atoms with van der Waals surface area (Å²) in [7, 11) is 2.11. The molecule has 1 aliphatic heterocycles. The summed E-state index contributed by atoms with van der Waals surface area (Å²) in [5.41, 5.74) is 0.0660. The molecule has 1 heterocycles. The van der Waals surface area contributed by atoms with E-state index in [-0.39, 0.29) is 28.3 Å². The fourth-order valence-corrected chi connectivity index (χ4v) is 3.11. The van der Waals surface area contributed by atoms with E-state index in [1.807, 2.05) is 6.92 Å². The number of halogens is 2. The van der Waals surface area contributed by atoms with Gasteiger partial charge in [-0.25, -0.2) is 0 Å². The molecule has 0 saturated carbocycles. The molecule has 1 aromatic rings. The normalized spacial score (nSPS) is 18.2. The van der Waals surface area contributed by atoms with Crippen LogP contribution in [0.25, 0.3) is 0 Å². The monoisotopic (exact) mass is 345 g/mol. The molecule has 0 aromatic heterocycles. The third kappa shape index (κ3) is 4.49. The molecule has 0 aliphatic carbocycles. The zero-order valence-corrected chi connectivity index (χ0v) is 14.3. The van der Waals surface area contributed by atoms with Gasteiger partial charge in [-0.15, -0.1) is 0 Å². The van der Waals surface area contributed by atoms with E-state index in [0.29, 0.717) is 5.02 Å². The van der Waals surface area contributed by atoms with Gasteiger partial charge in [0, 0.05) is 43.8 Å². The smallest absolute Gasteiger partial charge is 0.256 e. The average molecular weight is 346 g/mol. The van der Waals surface area contributed by atoms with Crippen molar-refractivity contribution in [3.63, 3.8) is 0 Å². The second-order valence-corrected chi connectivity index (χ2v) is 6.60. The standard InChI is InChI=1S/C15H21Cl2N3O2/c1-10(9-20-5-3-19(2)4-6-20)18-15(22)14-12(17)7-11(16)8-13(14)21/h7-8,10,21H,3-6,9H2,1-2H3,(H,18,22)/t10-/m0/s1. The van der Waals surface area contributed by atoms with Crippen LogP contribution >= 0.6 is 23.2 Å². The van der Waals surface area contributed by atoms with E-state index in [4.69, 9.17) is 23.2 Å². The maximum absolute atomic E-state index is 12.3. The van der Waals surface area contributed by atoms with E-state index < -0.39 is 0 Å². The molecular weight excluding hydrogens is 325 g/mol. The number of carbonyl (C=O) groups excluding carboxylic acids is 1. The predicted octanol–water partition coefficient (Wildman–Crippen LogP) is 2.06. The summed E-state index contributed by atoms with van der Waals surface area (Å²) in [5, 5.41) is 13.2. The number of piperazine rings is 1. The van der Waals surface area contributed by atoms with Crippen LogP contribution in [0.5, 0.6) is 5.75 Å². The van der Waals surface area contributed by atoms with Gasteiger partial charge in [0.1, 0.15) is 5.75 Å². The maximum Gasteiger partial charge on any atom is 0.256 e. The van der Waals surface area contributed by atoms with Gasteiger partial charge in [0.25, 0.3) is 5.91 Å². The number of amides is 1. The van der Waals surface area contributed by atoms with Gasteiger partial charge in [0.2, 0.25) is 0 Å². The Morgan fingerprint density at radius 2 is 1.95 bits per heavy atom. The van der Waals surface area contributed by atoms with Crippen molar-refractivity contribution in [1.29, 1.82) is 0 Å². The lowest BCUT2D eigenvalue weighted by molar-refractivity contribution is 0.0912. The van der Waals surface area contributed by atoms with Gasteiger partial charge in [-0.3, -0.25) is 9.69 Å². The van der Waals surface area contributed by atoms with Crippen LogP contribution in [-0.2, 0) is 0 Å². The van der Waals surface area contributed by atoms with E-state index in [0.717, 1.165) is 32.7 Å². The summed E-state index contributed by atoms with van der Waals surface area (Å²) in [6, 6.07) is 2.72. The Kier molecular flexibility index (Phi) is 5.92. The first-order chi connectivity index (χ1) is 10.4. The molecule has 7 heteroatoms. The summed E-state index contributed by atoms with van der Waals surface area (Å²) < 4.78 is 0. The first-order valence-electron chi connectivity index (χ1n) is 7.26. The number of phenols is 1. The molecule has 1 saturated heterocycles. The minimum Gasteiger partial charge on any atom is -0.507 e. The molecule has 0 unspecified atom stereocenters. The van der Waals surface area contributed by atoms with Crippen LogP contribution in [0.1, 0.15) is 17.3 Å². The Hall–Kier alpha value is -1.01. The minimum atomic E-state index is -0.388. The second-order valence-electron chi connectivity index (χ2n) is 5.76. The summed E-state index contributed by atoms with van der Waals surface area (Å²) in [6.45, 7) is 6.75. The molecule has 1 amide bonds. The first-order valence-corrected chi connectivity index (χ1v) is 8.02. The molecule has 0 bridgehead atoms. The molecule has 1 aliphatic rings. The average Bonchev–Trinajstić information content (AvgIpc) is 2.40. The molecule has 0 spiro atoms. The fourth-order valence-electron chi connectivity index (χ4n) is 2.54. The summed E-state index contributed by atoms with van der Waals surface area (Å²) in [6.07, 6.45) is 0. The molecule has 1 fully saturated rings. The Balaban J connectivity index is 1.94. The van der Waals surface area contributed by atoms with Crippen LogP contribution in [0.15, 0.2) is 12.1 Å². The van der Waals surface area contributed by atoms with Crippen molar-refractivity contribution < 1.29 is 9.90 Å². The number of phenolic OH excluding ortho intramolecular Hbond substituents is 1. The topological polar surface area (TPSA) is 55.8 Å². The van der Waals surface area contributed by atoms with Crippen LogP contribution < -0.4 is 5.32 Å². The Morgan fingerprint density at radius 1 is 1.32 bits per heavy atom. The fraction of sp³-hybridized carbons (Fsp3) is 0.533. The molecular formula is C15H21Cl2N3O2. The third-order valence-electron chi connectivity index (χ3n) is 3.77. The number of rotatable bonds is 4. The predicted molar refractivity (Wildman–Crippen MR) is 89.0 cm³/mol. The maximum atomic E-state index is 12.3. The van der Waals surface area contributed by atoms with Crippen LogP contribution in [0.4, 0.5) is 0 Å². The van der Waals surface area contributed by atoms with Gasteiger partial charge in [-0.1, -0.05) is 23.2 Å². The zero-order chi connectivity index (χ0) is 16.3. The van der Waals surface area contributed by atoms with Crippen molar-refractivity contribution >= 4 is 29.1 Å². The van der Waals surface area contributed by atoms with Crippen LogP contribution in [0.3, 0.4) is 0 Å². The van der Waals surface area contributed by atoms with Gasteiger partial charge in [0.15, 0.2) is 0 Å². The number of likely N-dealkylation sites (N-methyl/N-ethyl adjacent to an activating group) is 1. The second kappa shape index (κ2) is 7.51. The van der Waals surface area contributed by atoms with Crippen LogP contribution in [0, 0.1) is 0 Å². The number of hydrogen-bond acceptors (Lipinski definition) is 4. The third-order valence-corrected chi connectivity index (χ3v) is 4.28. The number of nitrogens with one attached hydrogen (secondary N) is 1. The van der Waals surface area contributed by atoms with Crippen LogP contribution in [-0.4, -0.2) is 66.6 Å². The molecule has 2 N–H and O–H groups in total. The van der Waals surface area contributed by atoms with Crippen molar-refractivity contribution in [1.82, 2.24) is 15.1 Å². The van der Waals surface area contributed by atoms with E-state index in [1.165, 1.54) is 12.1 Å². The lowest BCUT2D eigenvalue weighted by Crippen LogP contribution is -2.49. The summed E-state index contributed by atoms with van der Waals surface area (Å²) >= 11 is 11.8. The Labute approximate surface area is 140 Å². The lowest BCUT2D eigenvalue weighted by atomic mass is 10.1. The number of hydrogen-bond donors (Lipinski definition) is 2. The first kappa shape index (κ1) is 17.3. The molecule has 1 atom stereocenters. The van der Waals surface area contributed by atoms with E-state index in [1.54, 1.807) is 0 Å². The Bertz CT molecular complexity index is 523. The van der Waals surface area contributed by atoms with Crippen LogP contribution in [0.2, 0.25) is 10.0 Å². The zero-order valence-electron chi connectivity index (χ0n) is 12.8. The quantitative estimate of drug-likeness (QED) is 0.876. The van der Waals surface area contributed by atoms with Gasteiger partial charge in [-0.2, -0.15) is 0 Å². The highest BCUT2D eigenvalue weighted by molar-refractivity contribution is 6.37.